The van der Waals surface area contributed by atoms with Crippen molar-refractivity contribution in [3.63, 3.8) is 0 Å². The zero-order valence-corrected chi connectivity index (χ0v) is 13.9. The molecule has 0 saturated carbocycles. The van der Waals surface area contributed by atoms with Crippen molar-refractivity contribution in [2.45, 2.75) is 31.9 Å². The number of pyridine rings is 1. The number of alkyl halides is 2. The van der Waals surface area contributed by atoms with Gasteiger partial charge >= 0.3 is 6.61 Å². The summed E-state index contributed by atoms with van der Waals surface area (Å²) in [6.45, 7) is -2.83. The van der Waals surface area contributed by atoms with E-state index in [1.54, 1.807) is 36.5 Å². The second-order valence-electron chi connectivity index (χ2n) is 6.24. The van der Waals surface area contributed by atoms with Gasteiger partial charge in [0.2, 0.25) is 0 Å². The quantitative estimate of drug-likeness (QED) is 0.772. The van der Waals surface area contributed by atoms with Gasteiger partial charge in [0.25, 0.3) is 5.56 Å². The summed E-state index contributed by atoms with van der Waals surface area (Å²) in [6.07, 6.45) is 4.27. The molecule has 0 spiro atoms. The standard InChI is InChI=1S/C19H17F2N3O2/c20-19(21)26-13-7-8-14-12(10-13)4-3-5-15(14)22-16-11-18(25)24-9-2-1-6-17(24)23-16/h1-2,6-11,15,19,22H,3-5H2. The molecule has 1 aromatic carbocycles. The normalized spacial score (nSPS) is 16.5. The molecule has 1 unspecified atom stereocenters. The Morgan fingerprint density at radius 1 is 1.23 bits per heavy atom. The van der Waals surface area contributed by atoms with Gasteiger partial charge < -0.3 is 10.1 Å². The van der Waals surface area contributed by atoms with Crippen molar-refractivity contribution in [1.29, 1.82) is 0 Å². The zero-order valence-electron chi connectivity index (χ0n) is 13.9. The van der Waals surface area contributed by atoms with Crippen molar-refractivity contribution in [2.24, 2.45) is 0 Å². The van der Waals surface area contributed by atoms with Crippen LogP contribution >= 0.6 is 0 Å². The molecule has 2 heterocycles. The molecule has 0 fully saturated rings. The fraction of sp³-hybridized carbons (Fsp3) is 0.263. The number of fused-ring (bicyclic) bond motifs is 2. The summed E-state index contributed by atoms with van der Waals surface area (Å²) in [4.78, 5) is 16.7. The molecule has 7 heteroatoms. The Morgan fingerprint density at radius 3 is 2.96 bits per heavy atom. The largest absolute Gasteiger partial charge is 0.435 e. The maximum absolute atomic E-state index is 12.4. The second-order valence-corrected chi connectivity index (χ2v) is 6.24. The Balaban J connectivity index is 1.63. The first-order valence-corrected chi connectivity index (χ1v) is 8.43. The number of rotatable bonds is 4. The lowest BCUT2D eigenvalue weighted by molar-refractivity contribution is -0.0499. The maximum atomic E-state index is 12.4. The van der Waals surface area contributed by atoms with E-state index in [1.165, 1.54) is 10.5 Å². The van der Waals surface area contributed by atoms with Crippen LogP contribution in [0.15, 0.2) is 53.5 Å². The number of aryl methyl sites for hydroxylation is 1. The number of halogens is 2. The number of benzene rings is 1. The molecule has 26 heavy (non-hydrogen) atoms. The van der Waals surface area contributed by atoms with Crippen LogP contribution in [0.25, 0.3) is 5.65 Å². The van der Waals surface area contributed by atoms with E-state index in [1.807, 2.05) is 6.07 Å². The van der Waals surface area contributed by atoms with Crippen molar-refractivity contribution in [3.8, 4) is 5.75 Å². The molecule has 0 aliphatic heterocycles. The van der Waals surface area contributed by atoms with Gasteiger partial charge in [0.1, 0.15) is 17.2 Å². The van der Waals surface area contributed by atoms with Crippen molar-refractivity contribution in [2.75, 3.05) is 5.32 Å². The number of hydrogen-bond acceptors (Lipinski definition) is 4. The van der Waals surface area contributed by atoms with Gasteiger partial charge in [-0.1, -0.05) is 12.1 Å². The molecular formula is C19H17F2N3O2. The van der Waals surface area contributed by atoms with Crippen LogP contribution in [0.5, 0.6) is 5.75 Å². The molecule has 0 amide bonds. The lowest BCUT2D eigenvalue weighted by Gasteiger charge is -2.27. The number of anilines is 1. The van der Waals surface area contributed by atoms with Crippen LogP contribution in [0.4, 0.5) is 14.6 Å². The smallest absolute Gasteiger partial charge is 0.387 e. The Labute approximate surface area is 148 Å². The van der Waals surface area contributed by atoms with Gasteiger partial charge in [-0.15, -0.1) is 0 Å². The highest BCUT2D eigenvalue weighted by atomic mass is 19.3. The predicted molar refractivity (Wildman–Crippen MR) is 93.8 cm³/mol. The van der Waals surface area contributed by atoms with E-state index in [4.69, 9.17) is 0 Å². The molecule has 3 aromatic rings. The lowest BCUT2D eigenvalue weighted by atomic mass is 9.87. The van der Waals surface area contributed by atoms with Crippen LogP contribution in [-0.2, 0) is 6.42 Å². The number of hydrogen-bond donors (Lipinski definition) is 1. The van der Waals surface area contributed by atoms with Gasteiger partial charge in [0.15, 0.2) is 0 Å². The third-order valence-corrected chi connectivity index (χ3v) is 4.55. The Morgan fingerprint density at radius 2 is 2.12 bits per heavy atom. The van der Waals surface area contributed by atoms with E-state index < -0.39 is 6.61 Å². The van der Waals surface area contributed by atoms with E-state index >= 15 is 0 Å². The molecular weight excluding hydrogens is 340 g/mol. The summed E-state index contributed by atoms with van der Waals surface area (Å²) < 4.78 is 30.8. The van der Waals surface area contributed by atoms with Crippen LogP contribution in [0.2, 0.25) is 0 Å². The maximum Gasteiger partial charge on any atom is 0.387 e. The average Bonchev–Trinajstić information content (AvgIpc) is 2.61. The van der Waals surface area contributed by atoms with Crippen molar-refractivity contribution in [1.82, 2.24) is 9.38 Å². The number of nitrogens with one attached hydrogen (secondary N) is 1. The molecule has 5 nitrogen and oxygen atoms in total. The van der Waals surface area contributed by atoms with Gasteiger partial charge in [0, 0.05) is 12.3 Å². The third-order valence-electron chi connectivity index (χ3n) is 4.55. The van der Waals surface area contributed by atoms with Crippen molar-refractivity contribution >= 4 is 11.5 Å². The Hall–Kier alpha value is -2.96. The van der Waals surface area contributed by atoms with Crippen LogP contribution in [0, 0.1) is 0 Å². The first kappa shape index (κ1) is 16.5. The van der Waals surface area contributed by atoms with Crippen molar-refractivity contribution in [3.05, 3.63) is 70.1 Å². The van der Waals surface area contributed by atoms with Crippen LogP contribution in [0.1, 0.15) is 30.0 Å². The molecule has 4 rings (SSSR count). The van der Waals surface area contributed by atoms with E-state index in [0.29, 0.717) is 11.5 Å². The van der Waals surface area contributed by atoms with E-state index in [0.717, 1.165) is 30.4 Å². The summed E-state index contributed by atoms with van der Waals surface area (Å²) >= 11 is 0. The van der Waals surface area contributed by atoms with Gasteiger partial charge in [-0.2, -0.15) is 8.78 Å². The second kappa shape index (κ2) is 6.74. The molecule has 134 valence electrons. The topological polar surface area (TPSA) is 55.6 Å². The first-order valence-electron chi connectivity index (χ1n) is 8.43. The average molecular weight is 357 g/mol. The number of nitrogens with zero attached hydrogens (tertiary/aromatic N) is 2. The molecule has 1 aliphatic rings. The first-order chi connectivity index (χ1) is 12.6. The highest BCUT2D eigenvalue weighted by molar-refractivity contribution is 5.49. The van der Waals surface area contributed by atoms with Gasteiger partial charge in [-0.05, 0) is 54.7 Å². The van der Waals surface area contributed by atoms with Crippen LogP contribution in [0.3, 0.4) is 0 Å². The van der Waals surface area contributed by atoms with Crippen molar-refractivity contribution < 1.29 is 13.5 Å². The molecule has 1 atom stereocenters. The van der Waals surface area contributed by atoms with Gasteiger partial charge in [0.05, 0.1) is 6.04 Å². The highest BCUT2D eigenvalue weighted by Gasteiger charge is 2.22. The monoisotopic (exact) mass is 357 g/mol. The van der Waals surface area contributed by atoms with Crippen LogP contribution in [-0.4, -0.2) is 16.0 Å². The van der Waals surface area contributed by atoms with Gasteiger partial charge in [-0.3, -0.25) is 9.20 Å². The van der Waals surface area contributed by atoms with E-state index in [9.17, 15) is 13.6 Å². The minimum atomic E-state index is -2.83. The van der Waals surface area contributed by atoms with Crippen LogP contribution < -0.4 is 15.6 Å². The predicted octanol–water partition coefficient (Wildman–Crippen LogP) is 3.79. The SMILES string of the molecule is O=c1cc(NC2CCCc3cc(OC(F)F)ccc32)nc2ccccn12. The number of ether oxygens (including phenoxy) is 1. The molecule has 1 aliphatic carbocycles. The summed E-state index contributed by atoms with van der Waals surface area (Å²) in [5.74, 6) is 0.674. The Bertz CT molecular complexity index is 1000. The minimum absolute atomic E-state index is 0.0302. The molecule has 0 saturated heterocycles. The minimum Gasteiger partial charge on any atom is -0.435 e. The molecule has 1 N–H and O–H groups in total. The highest BCUT2D eigenvalue weighted by Crippen LogP contribution is 2.34. The fourth-order valence-corrected chi connectivity index (χ4v) is 3.42. The Kier molecular flexibility index (Phi) is 4.28. The molecule has 0 radical (unpaired) electrons. The fourth-order valence-electron chi connectivity index (χ4n) is 3.42. The van der Waals surface area contributed by atoms with E-state index in [2.05, 4.69) is 15.0 Å². The summed E-state index contributed by atoms with van der Waals surface area (Å²) in [6, 6.07) is 11.8. The lowest BCUT2D eigenvalue weighted by Crippen LogP contribution is -2.21. The number of aromatic nitrogens is 2. The molecule has 0 bridgehead atoms. The van der Waals surface area contributed by atoms with E-state index in [-0.39, 0.29) is 17.4 Å². The molecule has 2 aromatic heterocycles. The zero-order chi connectivity index (χ0) is 18.1. The summed E-state index contributed by atoms with van der Waals surface area (Å²) in [5.41, 5.74) is 2.41. The van der Waals surface area contributed by atoms with Gasteiger partial charge in [-0.25, -0.2) is 4.98 Å². The third kappa shape index (κ3) is 3.24. The summed E-state index contributed by atoms with van der Waals surface area (Å²) in [5, 5.41) is 3.32. The summed E-state index contributed by atoms with van der Waals surface area (Å²) in [7, 11) is 0.